The zero-order valence-electron chi connectivity index (χ0n) is 11.6. The monoisotopic (exact) mass is 226 g/mol. The van der Waals surface area contributed by atoms with Gasteiger partial charge in [0.1, 0.15) is 0 Å². The van der Waals surface area contributed by atoms with Crippen LogP contribution in [-0.4, -0.2) is 36.6 Å². The van der Waals surface area contributed by atoms with Crippen molar-refractivity contribution in [3.05, 3.63) is 0 Å². The highest BCUT2D eigenvalue weighted by molar-refractivity contribution is 4.79. The van der Waals surface area contributed by atoms with Gasteiger partial charge in [0, 0.05) is 18.1 Å². The number of hydrogen-bond donors (Lipinski definition) is 1. The predicted molar refractivity (Wildman–Crippen MR) is 71.9 cm³/mol. The first kappa shape index (κ1) is 14.0. The van der Waals surface area contributed by atoms with Crippen LogP contribution in [0.4, 0.5) is 0 Å². The molecule has 2 unspecified atom stereocenters. The molecular formula is C14H30N2. The lowest BCUT2D eigenvalue weighted by atomic mass is 9.97. The quantitative estimate of drug-likeness (QED) is 0.749. The lowest BCUT2D eigenvalue weighted by Gasteiger charge is -2.35. The van der Waals surface area contributed by atoms with Gasteiger partial charge in [-0.15, -0.1) is 0 Å². The second-order valence-electron chi connectivity index (χ2n) is 5.37. The van der Waals surface area contributed by atoms with Gasteiger partial charge in [-0.25, -0.2) is 0 Å². The normalized spacial score (nSPS) is 24.0. The van der Waals surface area contributed by atoms with E-state index in [-0.39, 0.29) is 0 Å². The van der Waals surface area contributed by atoms with Crippen molar-refractivity contribution in [3.63, 3.8) is 0 Å². The minimum Gasteiger partial charge on any atom is -0.314 e. The van der Waals surface area contributed by atoms with Gasteiger partial charge in [-0.1, -0.05) is 20.3 Å². The fraction of sp³-hybridized carbons (Fsp3) is 1.00. The van der Waals surface area contributed by atoms with E-state index >= 15 is 0 Å². The summed E-state index contributed by atoms with van der Waals surface area (Å²) >= 11 is 0. The van der Waals surface area contributed by atoms with E-state index in [0.717, 1.165) is 12.1 Å². The van der Waals surface area contributed by atoms with Crippen molar-refractivity contribution in [2.45, 2.75) is 77.4 Å². The van der Waals surface area contributed by atoms with E-state index in [9.17, 15) is 0 Å². The second-order valence-corrected chi connectivity index (χ2v) is 5.37. The Morgan fingerprint density at radius 2 is 1.94 bits per heavy atom. The van der Waals surface area contributed by atoms with E-state index in [1.165, 1.54) is 45.1 Å². The van der Waals surface area contributed by atoms with Crippen molar-refractivity contribution in [3.8, 4) is 0 Å². The van der Waals surface area contributed by atoms with E-state index < -0.39 is 0 Å². The van der Waals surface area contributed by atoms with Crippen LogP contribution in [0.2, 0.25) is 0 Å². The Hall–Kier alpha value is -0.0800. The van der Waals surface area contributed by atoms with Gasteiger partial charge in [0.05, 0.1) is 0 Å². The highest BCUT2D eigenvalue weighted by Crippen LogP contribution is 2.17. The van der Waals surface area contributed by atoms with Crippen molar-refractivity contribution in [1.29, 1.82) is 0 Å². The third-order valence-corrected chi connectivity index (χ3v) is 4.25. The van der Waals surface area contributed by atoms with Crippen LogP contribution in [0.25, 0.3) is 0 Å². The van der Waals surface area contributed by atoms with Gasteiger partial charge in [0.25, 0.3) is 0 Å². The first-order chi connectivity index (χ1) is 7.69. The molecule has 1 N–H and O–H groups in total. The SMILES string of the molecule is CCC(CC)N(C)C(C)CC1CCCCN1. The van der Waals surface area contributed by atoms with Crippen molar-refractivity contribution in [1.82, 2.24) is 10.2 Å². The standard InChI is InChI=1S/C14H30N2/c1-5-14(6-2)16(4)12(3)11-13-9-7-8-10-15-13/h12-15H,5-11H2,1-4H3. The molecule has 2 atom stereocenters. The van der Waals surface area contributed by atoms with Crippen LogP contribution < -0.4 is 5.32 Å². The summed E-state index contributed by atoms with van der Waals surface area (Å²) < 4.78 is 0. The molecule has 0 radical (unpaired) electrons. The van der Waals surface area contributed by atoms with Crippen LogP contribution in [0.3, 0.4) is 0 Å². The number of nitrogens with one attached hydrogen (secondary N) is 1. The summed E-state index contributed by atoms with van der Waals surface area (Å²) in [4.78, 5) is 2.58. The number of hydrogen-bond acceptors (Lipinski definition) is 2. The van der Waals surface area contributed by atoms with Gasteiger partial charge < -0.3 is 10.2 Å². The van der Waals surface area contributed by atoms with Crippen LogP contribution >= 0.6 is 0 Å². The average molecular weight is 226 g/mol. The largest absolute Gasteiger partial charge is 0.314 e. The molecule has 2 heteroatoms. The number of piperidine rings is 1. The molecule has 0 spiro atoms. The second kappa shape index (κ2) is 7.29. The Kier molecular flexibility index (Phi) is 6.37. The third-order valence-electron chi connectivity index (χ3n) is 4.25. The summed E-state index contributed by atoms with van der Waals surface area (Å²) in [6.45, 7) is 8.22. The summed E-state index contributed by atoms with van der Waals surface area (Å²) in [7, 11) is 2.30. The molecule has 1 heterocycles. The fourth-order valence-corrected chi connectivity index (χ4v) is 2.93. The Morgan fingerprint density at radius 1 is 1.25 bits per heavy atom. The zero-order valence-corrected chi connectivity index (χ0v) is 11.6. The minimum absolute atomic E-state index is 0.709. The molecule has 0 aromatic heterocycles. The Morgan fingerprint density at radius 3 is 2.44 bits per heavy atom. The van der Waals surface area contributed by atoms with Gasteiger partial charge in [0.15, 0.2) is 0 Å². The molecule has 1 saturated heterocycles. The maximum Gasteiger partial charge on any atom is 0.00897 e. The summed E-state index contributed by atoms with van der Waals surface area (Å²) in [5.74, 6) is 0. The number of nitrogens with zero attached hydrogens (tertiary/aromatic N) is 1. The highest BCUT2D eigenvalue weighted by Gasteiger charge is 2.21. The topological polar surface area (TPSA) is 15.3 Å². The molecule has 96 valence electrons. The van der Waals surface area contributed by atoms with Crippen molar-refractivity contribution in [2.75, 3.05) is 13.6 Å². The first-order valence-electron chi connectivity index (χ1n) is 7.14. The molecule has 1 aliphatic rings. The lowest BCUT2D eigenvalue weighted by molar-refractivity contribution is 0.152. The third kappa shape index (κ3) is 4.06. The zero-order chi connectivity index (χ0) is 12.0. The molecule has 16 heavy (non-hydrogen) atoms. The fourth-order valence-electron chi connectivity index (χ4n) is 2.93. The summed E-state index contributed by atoms with van der Waals surface area (Å²) in [5, 5.41) is 3.65. The maximum absolute atomic E-state index is 3.65. The first-order valence-corrected chi connectivity index (χ1v) is 7.14. The van der Waals surface area contributed by atoms with Crippen LogP contribution in [0.15, 0.2) is 0 Å². The van der Waals surface area contributed by atoms with Gasteiger partial charge in [-0.3, -0.25) is 0 Å². The molecule has 0 aliphatic carbocycles. The van der Waals surface area contributed by atoms with Gasteiger partial charge in [0.2, 0.25) is 0 Å². The Labute approximate surface area is 102 Å². The number of rotatable bonds is 6. The molecule has 1 aliphatic heterocycles. The molecule has 0 saturated carbocycles. The molecular weight excluding hydrogens is 196 g/mol. The van der Waals surface area contributed by atoms with Crippen LogP contribution in [0.1, 0.15) is 59.3 Å². The van der Waals surface area contributed by atoms with Crippen LogP contribution in [0, 0.1) is 0 Å². The van der Waals surface area contributed by atoms with Gasteiger partial charge in [-0.05, 0) is 52.6 Å². The molecule has 1 rings (SSSR count). The minimum atomic E-state index is 0.709. The average Bonchev–Trinajstić information content (AvgIpc) is 2.31. The van der Waals surface area contributed by atoms with E-state index in [1.54, 1.807) is 0 Å². The van der Waals surface area contributed by atoms with E-state index in [1.807, 2.05) is 0 Å². The van der Waals surface area contributed by atoms with Crippen molar-refractivity contribution in [2.24, 2.45) is 0 Å². The molecule has 0 bridgehead atoms. The Bertz CT molecular complexity index is 172. The van der Waals surface area contributed by atoms with E-state index in [0.29, 0.717) is 6.04 Å². The van der Waals surface area contributed by atoms with Gasteiger partial charge in [-0.2, -0.15) is 0 Å². The summed E-state index contributed by atoms with van der Waals surface area (Å²) in [5.41, 5.74) is 0. The molecule has 0 aromatic carbocycles. The molecule has 0 aromatic rings. The van der Waals surface area contributed by atoms with E-state index in [4.69, 9.17) is 0 Å². The summed E-state index contributed by atoms with van der Waals surface area (Å²) in [6.07, 6.45) is 8.02. The maximum atomic E-state index is 3.65. The van der Waals surface area contributed by atoms with Gasteiger partial charge >= 0.3 is 0 Å². The molecule has 0 amide bonds. The smallest absolute Gasteiger partial charge is 0.00897 e. The van der Waals surface area contributed by atoms with Crippen LogP contribution in [0.5, 0.6) is 0 Å². The van der Waals surface area contributed by atoms with E-state index in [2.05, 4.69) is 38.0 Å². The molecule has 2 nitrogen and oxygen atoms in total. The molecule has 1 fully saturated rings. The van der Waals surface area contributed by atoms with Crippen LogP contribution in [-0.2, 0) is 0 Å². The Balaban J connectivity index is 2.34. The summed E-state index contributed by atoms with van der Waals surface area (Å²) in [6, 6.07) is 2.24. The van der Waals surface area contributed by atoms with Crippen molar-refractivity contribution >= 4 is 0 Å². The lowest BCUT2D eigenvalue weighted by Crippen LogP contribution is -2.43. The highest BCUT2D eigenvalue weighted by atomic mass is 15.2. The predicted octanol–water partition coefficient (Wildman–Crippen LogP) is 3.03. The van der Waals surface area contributed by atoms with Crippen molar-refractivity contribution < 1.29 is 0 Å².